The van der Waals surface area contributed by atoms with Gasteiger partial charge in [0.15, 0.2) is 0 Å². The molecular weight excluding hydrogens is 149 g/mol. The zero-order valence-corrected chi connectivity index (χ0v) is 5.41. The molecule has 1 N–H and O–H groups in total. The Kier molecular flexibility index (Phi) is 1.99. The van der Waals surface area contributed by atoms with Crippen LogP contribution in [0, 0.1) is 5.82 Å². The van der Waals surface area contributed by atoms with Crippen molar-refractivity contribution < 1.29 is 14.3 Å². The van der Waals surface area contributed by atoms with E-state index in [-0.39, 0.29) is 11.4 Å². The minimum atomic E-state index is -0.559. The van der Waals surface area contributed by atoms with Gasteiger partial charge < -0.3 is 5.11 Å². The first-order chi connectivity index (χ1) is 5.24. The highest BCUT2D eigenvalue weighted by Crippen LogP contribution is 2.25. The second-order valence-electron chi connectivity index (χ2n) is 1.84. The van der Waals surface area contributed by atoms with E-state index in [1.165, 1.54) is 6.08 Å². The third kappa shape index (κ3) is 1.63. The van der Waals surface area contributed by atoms with Gasteiger partial charge in [0.1, 0.15) is 17.3 Å². The maximum atomic E-state index is 12.4. The Labute approximate surface area is 61.8 Å². The van der Waals surface area contributed by atoms with E-state index in [0.29, 0.717) is 0 Å². The standard InChI is InChI=1S/C7H4FNO2/c8-5-1-2-7(11)6(3-5)9-4-10/h1-3,11H. The SMILES string of the molecule is O=C=Nc1cc(F)ccc1O. The number of rotatable bonds is 1. The van der Waals surface area contributed by atoms with E-state index in [4.69, 9.17) is 5.11 Å². The number of hydrogen-bond acceptors (Lipinski definition) is 3. The first kappa shape index (κ1) is 7.44. The molecule has 0 aliphatic carbocycles. The van der Waals surface area contributed by atoms with Gasteiger partial charge >= 0.3 is 0 Å². The topological polar surface area (TPSA) is 49.7 Å². The van der Waals surface area contributed by atoms with E-state index in [1.807, 2.05) is 0 Å². The molecule has 0 saturated heterocycles. The summed E-state index contributed by atoms with van der Waals surface area (Å²) in [6.45, 7) is 0. The lowest BCUT2D eigenvalue weighted by Crippen LogP contribution is -1.72. The van der Waals surface area contributed by atoms with Crippen LogP contribution in [-0.4, -0.2) is 11.2 Å². The number of phenolic OH excluding ortho intramolecular Hbond substituents is 1. The van der Waals surface area contributed by atoms with Gasteiger partial charge in [0.25, 0.3) is 0 Å². The number of isocyanates is 1. The van der Waals surface area contributed by atoms with Crippen molar-refractivity contribution in [1.29, 1.82) is 0 Å². The molecule has 0 aromatic heterocycles. The minimum absolute atomic E-state index is 0.111. The van der Waals surface area contributed by atoms with Crippen molar-refractivity contribution >= 4 is 11.8 Å². The fourth-order valence-electron chi connectivity index (χ4n) is 0.635. The van der Waals surface area contributed by atoms with Crippen LogP contribution in [0.15, 0.2) is 23.2 Å². The molecule has 0 heterocycles. The quantitative estimate of drug-likeness (QED) is 0.491. The number of benzene rings is 1. The number of nitrogens with zero attached hydrogens (tertiary/aromatic N) is 1. The number of hydrogen-bond donors (Lipinski definition) is 1. The van der Waals surface area contributed by atoms with Gasteiger partial charge in [-0.15, -0.1) is 0 Å². The fraction of sp³-hybridized carbons (Fsp3) is 0. The first-order valence-corrected chi connectivity index (χ1v) is 2.80. The summed E-state index contributed by atoms with van der Waals surface area (Å²) in [6, 6.07) is 3.13. The van der Waals surface area contributed by atoms with Crippen molar-refractivity contribution in [3.63, 3.8) is 0 Å². The summed E-state index contributed by atoms with van der Waals surface area (Å²) in [7, 11) is 0. The maximum Gasteiger partial charge on any atom is 0.240 e. The number of phenols is 1. The predicted molar refractivity (Wildman–Crippen MR) is 35.8 cm³/mol. The summed E-state index contributed by atoms with van der Waals surface area (Å²) in [5.41, 5.74) is -0.111. The van der Waals surface area contributed by atoms with Crippen molar-refractivity contribution in [2.75, 3.05) is 0 Å². The lowest BCUT2D eigenvalue weighted by atomic mass is 10.3. The Morgan fingerprint density at radius 3 is 2.91 bits per heavy atom. The third-order valence-electron chi connectivity index (χ3n) is 1.10. The van der Waals surface area contributed by atoms with Gasteiger partial charge in [-0.3, -0.25) is 0 Å². The molecule has 0 amide bonds. The summed E-state index contributed by atoms with van der Waals surface area (Å²) in [6.07, 6.45) is 1.20. The van der Waals surface area contributed by atoms with Gasteiger partial charge in [0.05, 0.1) is 0 Å². The van der Waals surface area contributed by atoms with E-state index in [1.54, 1.807) is 0 Å². The number of carbonyl (C=O) groups excluding carboxylic acids is 1. The second-order valence-corrected chi connectivity index (χ2v) is 1.84. The number of aromatic hydroxyl groups is 1. The Morgan fingerprint density at radius 1 is 1.55 bits per heavy atom. The van der Waals surface area contributed by atoms with Gasteiger partial charge in [0.2, 0.25) is 6.08 Å². The molecule has 11 heavy (non-hydrogen) atoms. The molecule has 0 spiro atoms. The maximum absolute atomic E-state index is 12.4. The number of halogens is 1. The Morgan fingerprint density at radius 2 is 2.27 bits per heavy atom. The lowest BCUT2D eigenvalue weighted by molar-refractivity contribution is 0.474. The van der Waals surface area contributed by atoms with Crippen LogP contribution in [0.5, 0.6) is 5.75 Å². The molecule has 0 aliphatic rings. The highest BCUT2D eigenvalue weighted by molar-refractivity contribution is 5.56. The molecule has 0 radical (unpaired) electrons. The molecule has 56 valence electrons. The van der Waals surface area contributed by atoms with Crippen LogP contribution in [0.3, 0.4) is 0 Å². The summed E-state index contributed by atoms with van der Waals surface area (Å²) >= 11 is 0. The van der Waals surface area contributed by atoms with Crippen LogP contribution in [0.4, 0.5) is 10.1 Å². The molecule has 0 fully saturated rings. The molecule has 0 bridgehead atoms. The highest BCUT2D eigenvalue weighted by atomic mass is 19.1. The normalized spacial score (nSPS) is 8.82. The molecule has 4 heteroatoms. The average Bonchev–Trinajstić information content (AvgIpc) is 1.98. The van der Waals surface area contributed by atoms with E-state index in [9.17, 15) is 9.18 Å². The molecule has 0 atom stereocenters. The smallest absolute Gasteiger partial charge is 0.240 e. The molecule has 0 aliphatic heterocycles. The number of aliphatic imine (C=N–C) groups is 1. The zero-order valence-electron chi connectivity index (χ0n) is 5.41. The van der Waals surface area contributed by atoms with Crippen molar-refractivity contribution in [3.8, 4) is 5.75 Å². The van der Waals surface area contributed by atoms with Crippen molar-refractivity contribution in [2.24, 2.45) is 4.99 Å². The minimum Gasteiger partial charge on any atom is -0.506 e. The van der Waals surface area contributed by atoms with Crippen molar-refractivity contribution in [2.45, 2.75) is 0 Å². The van der Waals surface area contributed by atoms with Crippen LogP contribution in [-0.2, 0) is 4.79 Å². The molecule has 1 aromatic carbocycles. The summed E-state index contributed by atoms with van der Waals surface area (Å²) in [5, 5.41) is 8.93. The second kappa shape index (κ2) is 2.94. The molecule has 1 rings (SSSR count). The van der Waals surface area contributed by atoms with E-state index >= 15 is 0 Å². The third-order valence-corrected chi connectivity index (χ3v) is 1.10. The summed E-state index contributed by atoms with van der Waals surface area (Å²) in [4.78, 5) is 12.8. The molecule has 1 aromatic rings. The Balaban J connectivity index is 3.22. The van der Waals surface area contributed by atoms with Crippen LogP contribution in [0.25, 0.3) is 0 Å². The van der Waals surface area contributed by atoms with E-state index < -0.39 is 5.82 Å². The first-order valence-electron chi connectivity index (χ1n) is 2.80. The monoisotopic (exact) mass is 153 g/mol. The molecule has 3 nitrogen and oxygen atoms in total. The molecular formula is C7H4FNO2. The summed E-state index contributed by atoms with van der Waals surface area (Å²) < 4.78 is 12.4. The van der Waals surface area contributed by atoms with Crippen molar-refractivity contribution in [3.05, 3.63) is 24.0 Å². The lowest BCUT2D eigenvalue weighted by Gasteiger charge is -1.94. The molecule has 0 unspecified atom stereocenters. The van der Waals surface area contributed by atoms with E-state index in [0.717, 1.165) is 18.2 Å². The van der Waals surface area contributed by atoms with Crippen molar-refractivity contribution in [1.82, 2.24) is 0 Å². The van der Waals surface area contributed by atoms with Gasteiger partial charge in [-0.2, -0.15) is 4.99 Å². The van der Waals surface area contributed by atoms with Gasteiger partial charge in [-0.05, 0) is 12.1 Å². The van der Waals surface area contributed by atoms with Crippen LogP contribution in [0.2, 0.25) is 0 Å². The van der Waals surface area contributed by atoms with Gasteiger partial charge in [0, 0.05) is 6.07 Å². The van der Waals surface area contributed by atoms with Crippen LogP contribution in [0.1, 0.15) is 0 Å². The largest absolute Gasteiger partial charge is 0.506 e. The Hall–Kier alpha value is -1.67. The van der Waals surface area contributed by atoms with Crippen LogP contribution < -0.4 is 0 Å². The van der Waals surface area contributed by atoms with E-state index in [2.05, 4.69) is 4.99 Å². The van der Waals surface area contributed by atoms with Crippen LogP contribution >= 0.6 is 0 Å². The average molecular weight is 153 g/mol. The predicted octanol–water partition coefficient (Wildman–Crippen LogP) is 1.50. The zero-order chi connectivity index (χ0) is 8.27. The van der Waals surface area contributed by atoms with Gasteiger partial charge in [-0.1, -0.05) is 0 Å². The molecule has 0 saturated carbocycles. The Bertz CT molecular complexity index is 318. The highest BCUT2D eigenvalue weighted by Gasteiger charge is 1.99. The summed E-state index contributed by atoms with van der Waals surface area (Å²) in [5.74, 6) is -0.799. The fourth-order valence-corrected chi connectivity index (χ4v) is 0.635. The van der Waals surface area contributed by atoms with Gasteiger partial charge in [-0.25, -0.2) is 9.18 Å².